The zero-order chi connectivity index (χ0) is 13.8. The molecule has 100 valence electrons. The van der Waals surface area contributed by atoms with E-state index in [2.05, 4.69) is 36.2 Å². The van der Waals surface area contributed by atoms with E-state index in [-0.39, 0.29) is 11.9 Å². The van der Waals surface area contributed by atoms with Crippen molar-refractivity contribution in [2.75, 3.05) is 7.05 Å². The van der Waals surface area contributed by atoms with Gasteiger partial charge in [0.05, 0.1) is 6.04 Å². The minimum Gasteiger partial charge on any atom is -0.333 e. The van der Waals surface area contributed by atoms with Crippen molar-refractivity contribution in [3.05, 3.63) is 53.9 Å². The van der Waals surface area contributed by atoms with E-state index in [0.717, 1.165) is 5.56 Å². The number of aromatic amines is 1. The highest BCUT2D eigenvalue weighted by atomic mass is 16.2. The van der Waals surface area contributed by atoms with Gasteiger partial charge >= 0.3 is 0 Å². The van der Waals surface area contributed by atoms with Gasteiger partial charge in [0.25, 0.3) is 5.91 Å². The Bertz CT molecular complexity index is 520. The Morgan fingerprint density at radius 2 is 1.89 bits per heavy atom. The minimum atomic E-state index is -0.0416. The summed E-state index contributed by atoms with van der Waals surface area (Å²) in [5.41, 5.74) is 1.66. The third-order valence-electron chi connectivity index (χ3n) is 3.24. The van der Waals surface area contributed by atoms with E-state index >= 15 is 0 Å². The molecule has 0 aliphatic carbocycles. The van der Waals surface area contributed by atoms with Gasteiger partial charge in [0, 0.05) is 13.2 Å². The summed E-state index contributed by atoms with van der Waals surface area (Å²) in [6.45, 7) is 4.24. The molecular weight excluding hydrogens is 238 g/mol. The first kappa shape index (κ1) is 13.3. The van der Waals surface area contributed by atoms with Crippen LogP contribution in [0.3, 0.4) is 0 Å². The third kappa shape index (κ3) is 2.84. The lowest BCUT2D eigenvalue weighted by atomic mass is 9.94. The molecule has 0 saturated carbocycles. The van der Waals surface area contributed by atoms with Crippen LogP contribution < -0.4 is 0 Å². The van der Waals surface area contributed by atoms with Gasteiger partial charge in [-0.3, -0.25) is 9.89 Å². The van der Waals surface area contributed by atoms with E-state index in [4.69, 9.17) is 0 Å². The summed E-state index contributed by atoms with van der Waals surface area (Å²) in [7, 11) is 1.83. The second kappa shape index (κ2) is 5.69. The van der Waals surface area contributed by atoms with Crippen molar-refractivity contribution in [1.82, 2.24) is 15.1 Å². The van der Waals surface area contributed by atoms with Crippen LogP contribution in [0.4, 0.5) is 0 Å². The molecule has 1 N–H and O–H groups in total. The second-order valence-corrected chi connectivity index (χ2v) is 4.99. The standard InChI is InChI=1S/C15H19N3O/c1-11(2)14(12-7-5-4-6-8-12)18(3)15(19)13-9-10-16-17-13/h4-11,14H,1-3H3,(H,16,17). The Labute approximate surface area is 113 Å². The van der Waals surface area contributed by atoms with Crippen LogP contribution in [-0.2, 0) is 0 Å². The number of amides is 1. The number of rotatable bonds is 4. The van der Waals surface area contributed by atoms with Crippen molar-refractivity contribution >= 4 is 5.91 Å². The molecule has 2 aromatic rings. The van der Waals surface area contributed by atoms with E-state index in [1.54, 1.807) is 17.2 Å². The fourth-order valence-electron chi connectivity index (χ4n) is 2.40. The molecule has 19 heavy (non-hydrogen) atoms. The van der Waals surface area contributed by atoms with Crippen LogP contribution in [0.5, 0.6) is 0 Å². The molecule has 1 aromatic heterocycles. The predicted molar refractivity (Wildman–Crippen MR) is 74.7 cm³/mol. The van der Waals surface area contributed by atoms with Crippen molar-refractivity contribution in [2.45, 2.75) is 19.9 Å². The Kier molecular flexibility index (Phi) is 4.00. The van der Waals surface area contributed by atoms with Gasteiger partial charge in [0.1, 0.15) is 5.69 Å². The molecule has 1 heterocycles. The lowest BCUT2D eigenvalue weighted by Crippen LogP contribution is -2.34. The predicted octanol–water partition coefficient (Wildman–Crippen LogP) is 2.88. The SMILES string of the molecule is CC(C)C(c1ccccc1)N(C)C(=O)c1ccn[nH]1. The van der Waals surface area contributed by atoms with Gasteiger partial charge in [0.2, 0.25) is 0 Å². The fraction of sp³-hybridized carbons (Fsp3) is 0.333. The molecule has 1 amide bonds. The molecule has 0 aliphatic heterocycles. The maximum atomic E-state index is 12.4. The van der Waals surface area contributed by atoms with Crippen molar-refractivity contribution in [3.8, 4) is 0 Å². The Morgan fingerprint density at radius 3 is 2.42 bits per heavy atom. The van der Waals surface area contributed by atoms with Gasteiger partial charge in [0.15, 0.2) is 0 Å². The molecule has 0 radical (unpaired) electrons. The van der Waals surface area contributed by atoms with E-state index in [0.29, 0.717) is 11.6 Å². The third-order valence-corrected chi connectivity index (χ3v) is 3.24. The molecule has 0 fully saturated rings. The number of hydrogen-bond acceptors (Lipinski definition) is 2. The smallest absolute Gasteiger partial charge is 0.272 e. The number of benzene rings is 1. The number of hydrogen-bond donors (Lipinski definition) is 1. The molecule has 4 nitrogen and oxygen atoms in total. The highest BCUT2D eigenvalue weighted by Gasteiger charge is 2.25. The summed E-state index contributed by atoms with van der Waals surface area (Å²) in [6.07, 6.45) is 1.59. The highest BCUT2D eigenvalue weighted by molar-refractivity contribution is 5.92. The van der Waals surface area contributed by atoms with Crippen LogP contribution in [0.15, 0.2) is 42.6 Å². The number of aromatic nitrogens is 2. The lowest BCUT2D eigenvalue weighted by molar-refractivity contribution is 0.0681. The van der Waals surface area contributed by atoms with Gasteiger partial charge < -0.3 is 4.90 Å². The molecule has 4 heteroatoms. The zero-order valence-corrected chi connectivity index (χ0v) is 11.5. The fourth-order valence-corrected chi connectivity index (χ4v) is 2.40. The van der Waals surface area contributed by atoms with Crippen molar-refractivity contribution in [3.63, 3.8) is 0 Å². The topological polar surface area (TPSA) is 49.0 Å². The quantitative estimate of drug-likeness (QED) is 0.915. The van der Waals surface area contributed by atoms with E-state index in [1.165, 1.54) is 0 Å². The molecule has 0 spiro atoms. The molecule has 0 aliphatic rings. The lowest BCUT2D eigenvalue weighted by Gasteiger charge is -2.31. The molecular formula is C15H19N3O. The maximum Gasteiger partial charge on any atom is 0.272 e. The summed E-state index contributed by atoms with van der Waals surface area (Å²) in [5, 5.41) is 6.55. The summed E-state index contributed by atoms with van der Waals surface area (Å²) >= 11 is 0. The van der Waals surface area contributed by atoms with Crippen molar-refractivity contribution < 1.29 is 4.79 Å². The first-order chi connectivity index (χ1) is 9.11. The minimum absolute atomic E-state index is 0.0416. The van der Waals surface area contributed by atoms with E-state index in [9.17, 15) is 4.79 Å². The number of carbonyl (C=O) groups is 1. The highest BCUT2D eigenvalue weighted by Crippen LogP contribution is 2.28. The molecule has 1 unspecified atom stereocenters. The summed E-state index contributed by atoms with van der Waals surface area (Å²) in [6, 6.07) is 11.8. The van der Waals surface area contributed by atoms with Gasteiger partial charge in [-0.25, -0.2) is 0 Å². The first-order valence-electron chi connectivity index (χ1n) is 6.42. The summed E-state index contributed by atoms with van der Waals surface area (Å²) < 4.78 is 0. The van der Waals surface area contributed by atoms with Crippen molar-refractivity contribution in [1.29, 1.82) is 0 Å². The zero-order valence-electron chi connectivity index (χ0n) is 11.5. The number of nitrogens with zero attached hydrogens (tertiary/aromatic N) is 2. The molecule has 0 bridgehead atoms. The Morgan fingerprint density at radius 1 is 1.21 bits per heavy atom. The first-order valence-corrected chi connectivity index (χ1v) is 6.42. The monoisotopic (exact) mass is 257 g/mol. The van der Waals surface area contributed by atoms with Crippen LogP contribution in [0.2, 0.25) is 0 Å². The van der Waals surface area contributed by atoms with Crippen LogP contribution >= 0.6 is 0 Å². The molecule has 1 aromatic carbocycles. The Hall–Kier alpha value is -2.10. The number of nitrogens with one attached hydrogen (secondary N) is 1. The molecule has 1 atom stereocenters. The average molecular weight is 257 g/mol. The average Bonchev–Trinajstić information content (AvgIpc) is 2.92. The van der Waals surface area contributed by atoms with Crippen LogP contribution in [0.25, 0.3) is 0 Å². The number of carbonyl (C=O) groups excluding carboxylic acids is 1. The Balaban J connectivity index is 2.27. The van der Waals surface area contributed by atoms with Crippen LogP contribution in [0.1, 0.15) is 35.9 Å². The summed E-state index contributed by atoms with van der Waals surface area (Å²) in [5.74, 6) is 0.291. The largest absolute Gasteiger partial charge is 0.333 e. The second-order valence-electron chi connectivity index (χ2n) is 4.99. The van der Waals surface area contributed by atoms with Crippen molar-refractivity contribution in [2.24, 2.45) is 5.92 Å². The number of H-pyrrole nitrogens is 1. The van der Waals surface area contributed by atoms with Gasteiger partial charge in [-0.1, -0.05) is 44.2 Å². The molecule has 2 rings (SSSR count). The molecule has 0 saturated heterocycles. The van der Waals surface area contributed by atoms with Gasteiger partial charge in [-0.2, -0.15) is 5.10 Å². The van der Waals surface area contributed by atoms with E-state index in [1.807, 2.05) is 25.2 Å². The maximum absolute atomic E-state index is 12.4. The van der Waals surface area contributed by atoms with Crippen LogP contribution in [0, 0.1) is 5.92 Å². The normalized spacial score (nSPS) is 12.4. The van der Waals surface area contributed by atoms with E-state index < -0.39 is 0 Å². The van der Waals surface area contributed by atoms with Crippen LogP contribution in [-0.4, -0.2) is 28.1 Å². The van der Waals surface area contributed by atoms with Gasteiger partial charge in [-0.05, 0) is 17.5 Å². The van der Waals surface area contributed by atoms with Gasteiger partial charge in [-0.15, -0.1) is 0 Å². The summed E-state index contributed by atoms with van der Waals surface area (Å²) in [4.78, 5) is 14.2.